The first-order valence-electron chi connectivity index (χ1n) is 7.85. The van der Waals surface area contributed by atoms with Crippen molar-refractivity contribution in [2.45, 2.75) is 6.92 Å². The van der Waals surface area contributed by atoms with E-state index in [1.807, 2.05) is 0 Å². The number of halogens is 1. The third-order valence-corrected chi connectivity index (χ3v) is 3.80. The third kappa shape index (κ3) is 3.76. The van der Waals surface area contributed by atoms with E-state index in [-0.39, 0.29) is 11.3 Å². The Balaban J connectivity index is 1.90. The molecule has 8 nitrogen and oxygen atoms in total. The second kappa shape index (κ2) is 7.24. The van der Waals surface area contributed by atoms with Crippen molar-refractivity contribution in [3.8, 4) is 11.4 Å². The van der Waals surface area contributed by atoms with Gasteiger partial charge < -0.3 is 10.1 Å². The molecule has 0 fully saturated rings. The maximum Gasteiger partial charge on any atom is 0.269 e. The summed E-state index contributed by atoms with van der Waals surface area (Å²) in [5, 5.41) is 17.7. The lowest BCUT2D eigenvalue weighted by atomic mass is 10.2. The predicted molar refractivity (Wildman–Crippen MR) is 95.9 cm³/mol. The van der Waals surface area contributed by atoms with Crippen LogP contribution in [0.25, 0.3) is 5.69 Å². The van der Waals surface area contributed by atoms with E-state index < -0.39 is 16.6 Å². The average molecular weight is 370 g/mol. The molecule has 1 amide bonds. The van der Waals surface area contributed by atoms with Crippen molar-refractivity contribution in [1.82, 2.24) is 9.78 Å². The van der Waals surface area contributed by atoms with Gasteiger partial charge in [0, 0.05) is 24.3 Å². The molecule has 3 aromatic rings. The molecule has 0 spiro atoms. The smallest absolute Gasteiger partial charge is 0.269 e. The molecule has 1 aromatic heterocycles. The Hall–Kier alpha value is -3.75. The number of hydrogen-bond acceptors (Lipinski definition) is 5. The lowest BCUT2D eigenvalue weighted by Crippen LogP contribution is -2.16. The monoisotopic (exact) mass is 370 g/mol. The molecule has 0 bridgehead atoms. The molecule has 2 aromatic carbocycles. The SMILES string of the molecule is COc1ccc(C(=O)Nc2cc(C)nn2-c2ccc([N+](=O)[O-])cc2)c(F)c1. The summed E-state index contributed by atoms with van der Waals surface area (Å²) in [6.45, 7) is 1.73. The number of nitro benzene ring substituents is 1. The minimum absolute atomic E-state index is 0.0616. The van der Waals surface area contributed by atoms with Crippen molar-refractivity contribution in [1.29, 1.82) is 0 Å². The van der Waals surface area contributed by atoms with E-state index in [1.54, 1.807) is 13.0 Å². The van der Waals surface area contributed by atoms with Gasteiger partial charge in [-0.25, -0.2) is 9.07 Å². The van der Waals surface area contributed by atoms with Gasteiger partial charge in [0.1, 0.15) is 17.4 Å². The van der Waals surface area contributed by atoms with Crippen LogP contribution in [0.15, 0.2) is 48.5 Å². The number of rotatable bonds is 5. The molecule has 138 valence electrons. The number of anilines is 1. The molecule has 0 unspecified atom stereocenters. The van der Waals surface area contributed by atoms with Crippen molar-refractivity contribution in [3.05, 3.63) is 75.7 Å². The lowest BCUT2D eigenvalue weighted by Gasteiger charge is -2.10. The summed E-state index contributed by atoms with van der Waals surface area (Å²) in [5.74, 6) is -0.763. The molecule has 1 N–H and O–H groups in total. The number of aromatic nitrogens is 2. The van der Waals surface area contributed by atoms with Crippen molar-refractivity contribution in [3.63, 3.8) is 0 Å². The maximum atomic E-state index is 14.1. The van der Waals surface area contributed by atoms with Gasteiger partial charge >= 0.3 is 0 Å². The Morgan fingerprint density at radius 2 is 1.93 bits per heavy atom. The molecule has 27 heavy (non-hydrogen) atoms. The molecule has 0 aliphatic carbocycles. The highest BCUT2D eigenvalue weighted by Crippen LogP contribution is 2.22. The first-order chi connectivity index (χ1) is 12.9. The number of amides is 1. The number of carbonyl (C=O) groups is 1. The zero-order valence-electron chi connectivity index (χ0n) is 14.5. The summed E-state index contributed by atoms with van der Waals surface area (Å²) in [6.07, 6.45) is 0. The molecule has 1 heterocycles. The van der Waals surface area contributed by atoms with Gasteiger partial charge in [-0.05, 0) is 31.2 Å². The van der Waals surface area contributed by atoms with Gasteiger partial charge in [0.05, 0.1) is 29.0 Å². The normalized spacial score (nSPS) is 10.5. The second-order valence-electron chi connectivity index (χ2n) is 5.66. The second-order valence-corrected chi connectivity index (χ2v) is 5.66. The number of ether oxygens (including phenoxy) is 1. The van der Waals surface area contributed by atoms with E-state index in [0.717, 1.165) is 6.07 Å². The van der Waals surface area contributed by atoms with Crippen molar-refractivity contribution >= 4 is 17.4 Å². The Labute approximate surface area is 153 Å². The fourth-order valence-electron chi connectivity index (χ4n) is 2.49. The zero-order chi connectivity index (χ0) is 19.6. The van der Waals surface area contributed by atoms with E-state index in [2.05, 4.69) is 10.4 Å². The molecule has 0 aliphatic heterocycles. The molecular formula is C18H15FN4O4. The zero-order valence-corrected chi connectivity index (χ0v) is 14.5. The van der Waals surface area contributed by atoms with Crippen LogP contribution in [-0.2, 0) is 0 Å². The van der Waals surface area contributed by atoms with Gasteiger partial charge in [-0.1, -0.05) is 0 Å². The van der Waals surface area contributed by atoms with Gasteiger partial charge in [-0.15, -0.1) is 0 Å². The van der Waals surface area contributed by atoms with E-state index in [0.29, 0.717) is 22.9 Å². The van der Waals surface area contributed by atoms with Crippen LogP contribution in [0.3, 0.4) is 0 Å². The summed E-state index contributed by atoms with van der Waals surface area (Å²) >= 11 is 0. The highest BCUT2D eigenvalue weighted by molar-refractivity contribution is 6.04. The molecule has 0 radical (unpaired) electrons. The minimum atomic E-state index is -0.718. The first kappa shape index (κ1) is 18.1. The van der Waals surface area contributed by atoms with Gasteiger partial charge in [-0.3, -0.25) is 14.9 Å². The molecule has 9 heteroatoms. The van der Waals surface area contributed by atoms with Crippen molar-refractivity contribution in [2.24, 2.45) is 0 Å². The number of carbonyl (C=O) groups excluding carboxylic acids is 1. The highest BCUT2D eigenvalue weighted by Gasteiger charge is 2.17. The maximum absolute atomic E-state index is 14.1. The van der Waals surface area contributed by atoms with Gasteiger partial charge in [0.15, 0.2) is 0 Å². The largest absolute Gasteiger partial charge is 0.497 e. The van der Waals surface area contributed by atoms with Crippen molar-refractivity contribution < 1.29 is 18.8 Å². The summed E-state index contributed by atoms with van der Waals surface area (Å²) in [5.41, 5.74) is 0.913. The van der Waals surface area contributed by atoms with Crippen LogP contribution in [0.5, 0.6) is 5.75 Å². The average Bonchev–Trinajstić information content (AvgIpc) is 3.01. The van der Waals surface area contributed by atoms with Gasteiger partial charge in [-0.2, -0.15) is 5.10 Å². The van der Waals surface area contributed by atoms with Crippen LogP contribution < -0.4 is 10.1 Å². The number of methoxy groups -OCH3 is 1. The molecule has 0 aliphatic rings. The van der Waals surface area contributed by atoms with Gasteiger partial charge in [0.2, 0.25) is 0 Å². The van der Waals surface area contributed by atoms with Crippen LogP contribution in [0.4, 0.5) is 15.9 Å². The van der Waals surface area contributed by atoms with E-state index >= 15 is 0 Å². The van der Waals surface area contributed by atoms with E-state index in [4.69, 9.17) is 4.74 Å². The van der Waals surface area contributed by atoms with E-state index in [1.165, 1.54) is 48.2 Å². The number of aryl methyl sites for hydroxylation is 1. The van der Waals surface area contributed by atoms with Crippen LogP contribution in [-0.4, -0.2) is 27.7 Å². The van der Waals surface area contributed by atoms with Crippen molar-refractivity contribution in [2.75, 3.05) is 12.4 Å². The highest BCUT2D eigenvalue weighted by atomic mass is 19.1. The number of non-ortho nitro benzene ring substituents is 1. The quantitative estimate of drug-likeness (QED) is 0.547. The van der Waals surface area contributed by atoms with Crippen LogP contribution in [0.2, 0.25) is 0 Å². The predicted octanol–water partition coefficient (Wildman–Crippen LogP) is 3.49. The van der Waals surface area contributed by atoms with Crippen LogP contribution >= 0.6 is 0 Å². The van der Waals surface area contributed by atoms with Crippen LogP contribution in [0, 0.1) is 22.9 Å². The van der Waals surface area contributed by atoms with E-state index in [9.17, 15) is 19.3 Å². The summed E-state index contributed by atoms with van der Waals surface area (Å²) < 4.78 is 20.4. The fraction of sp³-hybridized carbons (Fsp3) is 0.111. The number of nitrogens with zero attached hydrogens (tertiary/aromatic N) is 3. The Morgan fingerprint density at radius 1 is 1.22 bits per heavy atom. The molecular weight excluding hydrogens is 355 g/mol. The number of hydrogen-bond donors (Lipinski definition) is 1. The summed E-state index contributed by atoms with van der Waals surface area (Å²) in [6, 6.07) is 11.2. The first-order valence-corrected chi connectivity index (χ1v) is 7.85. The molecule has 0 atom stereocenters. The number of nitro groups is 1. The number of benzene rings is 2. The number of nitrogens with one attached hydrogen (secondary N) is 1. The standard InChI is InChI=1S/C18H15FN4O4/c1-11-9-17(20-18(24)15-8-7-14(27-2)10-16(15)19)22(21-11)12-3-5-13(6-4-12)23(25)26/h3-10H,1-2H3,(H,20,24). The van der Waals surface area contributed by atoms with Crippen LogP contribution in [0.1, 0.15) is 16.1 Å². The summed E-state index contributed by atoms with van der Waals surface area (Å²) in [4.78, 5) is 22.7. The molecule has 3 rings (SSSR count). The Bertz CT molecular complexity index is 1010. The molecule has 0 saturated heterocycles. The Morgan fingerprint density at radius 3 is 2.52 bits per heavy atom. The topological polar surface area (TPSA) is 99.3 Å². The Kier molecular flexibility index (Phi) is 4.84. The summed E-state index contributed by atoms with van der Waals surface area (Å²) in [7, 11) is 1.40. The molecule has 0 saturated carbocycles. The fourth-order valence-corrected chi connectivity index (χ4v) is 2.49. The lowest BCUT2D eigenvalue weighted by molar-refractivity contribution is -0.384. The minimum Gasteiger partial charge on any atom is -0.497 e. The van der Waals surface area contributed by atoms with Gasteiger partial charge in [0.25, 0.3) is 11.6 Å². The third-order valence-electron chi connectivity index (χ3n) is 3.80.